The van der Waals surface area contributed by atoms with E-state index in [1.807, 2.05) is 0 Å². The van der Waals surface area contributed by atoms with E-state index in [1.54, 1.807) is 30.3 Å². The number of aromatic nitrogens is 1. The molecule has 1 aromatic heterocycles. The fraction of sp³-hybridized carbons (Fsp3) is 0. The zero-order valence-corrected chi connectivity index (χ0v) is 10.9. The molecule has 1 heterocycles. The molecule has 0 N–H and O–H groups in total. The van der Waals surface area contributed by atoms with Crippen molar-refractivity contribution in [2.45, 2.75) is 9.92 Å². The Morgan fingerprint density at radius 2 is 2.00 bits per heavy atom. The Balaban J connectivity index is 2.24. The van der Waals surface area contributed by atoms with Crippen molar-refractivity contribution in [1.29, 1.82) is 0 Å². The SMILES string of the molecule is O=Cc1ccc(Sc2cc(Cl)ccc2Cl)nc1. The predicted octanol–water partition coefficient (Wildman–Crippen LogP) is 4.35. The first-order chi connectivity index (χ1) is 8.19. The van der Waals surface area contributed by atoms with Gasteiger partial charge in [-0.1, -0.05) is 35.0 Å². The predicted molar refractivity (Wildman–Crippen MR) is 70.2 cm³/mol. The summed E-state index contributed by atoms with van der Waals surface area (Å²) in [4.78, 5) is 15.5. The first kappa shape index (κ1) is 12.4. The lowest BCUT2D eigenvalue weighted by atomic mass is 10.3. The standard InChI is InChI=1S/C12H7Cl2NOS/c13-9-2-3-10(14)11(5-9)17-12-4-1-8(7-16)6-15-12/h1-7H. The molecule has 2 rings (SSSR count). The first-order valence-corrected chi connectivity index (χ1v) is 6.30. The number of aldehydes is 1. The Kier molecular flexibility index (Phi) is 4.05. The smallest absolute Gasteiger partial charge is 0.151 e. The molecule has 0 spiro atoms. The van der Waals surface area contributed by atoms with Gasteiger partial charge in [-0.2, -0.15) is 0 Å². The van der Waals surface area contributed by atoms with E-state index in [2.05, 4.69) is 4.98 Å². The summed E-state index contributed by atoms with van der Waals surface area (Å²) in [6, 6.07) is 8.74. The molecule has 0 fully saturated rings. The minimum atomic E-state index is 0.548. The van der Waals surface area contributed by atoms with Crippen LogP contribution in [0.2, 0.25) is 10.0 Å². The molecule has 0 bridgehead atoms. The average Bonchev–Trinajstić information content (AvgIpc) is 2.35. The van der Waals surface area contributed by atoms with Crippen LogP contribution in [0.4, 0.5) is 0 Å². The Labute approximate surface area is 113 Å². The minimum absolute atomic E-state index is 0.548. The van der Waals surface area contributed by atoms with Crippen LogP contribution in [0.1, 0.15) is 10.4 Å². The van der Waals surface area contributed by atoms with Gasteiger partial charge in [0.2, 0.25) is 0 Å². The van der Waals surface area contributed by atoms with Crippen LogP contribution in [-0.2, 0) is 0 Å². The maximum absolute atomic E-state index is 10.5. The Bertz CT molecular complexity index is 543. The molecule has 0 unspecified atom stereocenters. The summed E-state index contributed by atoms with van der Waals surface area (Å²) < 4.78 is 0. The highest BCUT2D eigenvalue weighted by Crippen LogP contribution is 2.33. The van der Waals surface area contributed by atoms with Crippen LogP contribution in [0.5, 0.6) is 0 Å². The molecular weight excluding hydrogens is 277 g/mol. The molecule has 17 heavy (non-hydrogen) atoms. The second-order valence-electron chi connectivity index (χ2n) is 3.22. The number of nitrogens with zero attached hydrogens (tertiary/aromatic N) is 1. The molecule has 0 atom stereocenters. The highest BCUT2D eigenvalue weighted by Gasteiger charge is 2.04. The van der Waals surface area contributed by atoms with E-state index < -0.39 is 0 Å². The Hall–Kier alpha value is -1.03. The molecule has 1 aromatic carbocycles. The van der Waals surface area contributed by atoms with Crippen LogP contribution < -0.4 is 0 Å². The molecule has 86 valence electrons. The van der Waals surface area contributed by atoms with Gasteiger partial charge >= 0.3 is 0 Å². The molecule has 0 saturated heterocycles. The summed E-state index contributed by atoms with van der Waals surface area (Å²) >= 11 is 13.3. The van der Waals surface area contributed by atoms with Gasteiger partial charge in [0.1, 0.15) is 5.03 Å². The number of hydrogen-bond acceptors (Lipinski definition) is 3. The molecule has 0 aliphatic carbocycles. The molecule has 0 amide bonds. The lowest BCUT2D eigenvalue weighted by Gasteiger charge is -2.03. The zero-order valence-electron chi connectivity index (χ0n) is 8.56. The zero-order chi connectivity index (χ0) is 12.3. The van der Waals surface area contributed by atoms with E-state index in [0.29, 0.717) is 15.6 Å². The van der Waals surface area contributed by atoms with Crippen molar-refractivity contribution in [3.05, 3.63) is 52.1 Å². The van der Waals surface area contributed by atoms with E-state index in [-0.39, 0.29) is 0 Å². The van der Waals surface area contributed by atoms with E-state index in [4.69, 9.17) is 23.2 Å². The third-order valence-corrected chi connectivity index (χ3v) is 3.69. The minimum Gasteiger partial charge on any atom is -0.298 e. The number of carbonyl (C=O) groups excluding carboxylic acids is 1. The summed E-state index contributed by atoms with van der Waals surface area (Å²) in [7, 11) is 0. The van der Waals surface area contributed by atoms with Gasteiger partial charge in [-0.25, -0.2) is 4.98 Å². The van der Waals surface area contributed by atoms with Crippen LogP contribution in [0.3, 0.4) is 0 Å². The summed E-state index contributed by atoms with van der Waals surface area (Å²) in [5, 5.41) is 2.02. The van der Waals surface area contributed by atoms with Crippen molar-refractivity contribution >= 4 is 41.2 Å². The van der Waals surface area contributed by atoms with Gasteiger partial charge in [0.05, 0.1) is 5.02 Å². The van der Waals surface area contributed by atoms with Crippen LogP contribution in [-0.4, -0.2) is 11.3 Å². The van der Waals surface area contributed by atoms with E-state index in [9.17, 15) is 4.79 Å². The summed E-state index contributed by atoms with van der Waals surface area (Å²) in [5.41, 5.74) is 0.548. The monoisotopic (exact) mass is 283 g/mol. The summed E-state index contributed by atoms with van der Waals surface area (Å²) in [6.07, 6.45) is 2.28. The van der Waals surface area contributed by atoms with Crippen molar-refractivity contribution in [2.24, 2.45) is 0 Å². The van der Waals surface area contributed by atoms with Crippen molar-refractivity contribution in [3.63, 3.8) is 0 Å². The summed E-state index contributed by atoms with van der Waals surface area (Å²) in [5.74, 6) is 0. The van der Waals surface area contributed by atoms with Crippen LogP contribution in [0.25, 0.3) is 0 Å². The number of rotatable bonds is 3. The lowest BCUT2D eigenvalue weighted by Crippen LogP contribution is -1.84. The van der Waals surface area contributed by atoms with Crippen LogP contribution in [0.15, 0.2) is 46.5 Å². The highest BCUT2D eigenvalue weighted by atomic mass is 35.5. The van der Waals surface area contributed by atoms with Crippen molar-refractivity contribution < 1.29 is 4.79 Å². The Morgan fingerprint density at radius 3 is 2.65 bits per heavy atom. The number of carbonyl (C=O) groups is 1. The van der Waals surface area contributed by atoms with Crippen LogP contribution in [0, 0.1) is 0 Å². The van der Waals surface area contributed by atoms with Gasteiger partial charge in [0.25, 0.3) is 0 Å². The first-order valence-electron chi connectivity index (χ1n) is 4.73. The number of benzene rings is 1. The third-order valence-electron chi connectivity index (χ3n) is 2.00. The van der Waals surface area contributed by atoms with Crippen molar-refractivity contribution in [2.75, 3.05) is 0 Å². The average molecular weight is 284 g/mol. The van der Waals surface area contributed by atoms with E-state index in [1.165, 1.54) is 18.0 Å². The van der Waals surface area contributed by atoms with Gasteiger partial charge in [-0.3, -0.25) is 4.79 Å². The van der Waals surface area contributed by atoms with Gasteiger partial charge in [-0.15, -0.1) is 0 Å². The van der Waals surface area contributed by atoms with Crippen molar-refractivity contribution in [1.82, 2.24) is 4.98 Å². The molecule has 0 saturated carbocycles. The van der Waals surface area contributed by atoms with Gasteiger partial charge in [-0.05, 0) is 30.3 Å². The molecular formula is C12H7Cl2NOS. The molecule has 0 aliphatic rings. The second kappa shape index (κ2) is 5.54. The van der Waals surface area contributed by atoms with Gasteiger partial charge in [0, 0.05) is 21.7 Å². The van der Waals surface area contributed by atoms with Crippen molar-refractivity contribution in [3.8, 4) is 0 Å². The normalized spacial score (nSPS) is 10.2. The van der Waals surface area contributed by atoms with E-state index in [0.717, 1.165) is 16.2 Å². The van der Waals surface area contributed by atoms with E-state index >= 15 is 0 Å². The largest absolute Gasteiger partial charge is 0.298 e. The Morgan fingerprint density at radius 1 is 1.18 bits per heavy atom. The lowest BCUT2D eigenvalue weighted by molar-refractivity contribution is 0.112. The molecule has 2 nitrogen and oxygen atoms in total. The molecule has 0 radical (unpaired) electrons. The fourth-order valence-electron chi connectivity index (χ4n) is 1.19. The fourth-order valence-corrected chi connectivity index (χ4v) is 2.48. The second-order valence-corrected chi connectivity index (χ2v) is 5.13. The molecule has 2 aromatic rings. The van der Waals surface area contributed by atoms with Crippen LogP contribution >= 0.6 is 35.0 Å². The highest BCUT2D eigenvalue weighted by molar-refractivity contribution is 7.99. The number of hydrogen-bond donors (Lipinski definition) is 0. The molecule has 5 heteroatoms. The topological polar surface area (TPSA) is 30.0 Å². The quantitative estimate of drug-likeness (QED) is 0.785. The molecule has 0 aliphatic heterocycles. The van der Waals surface area contributed by atoms with Gasteiger partial charge in [0.15, 0.2) is 6.29 Å². The summed E-state index contributed by atoms with van der Waals surface area (Å²) in [6.45, 7) is 0. The number of halogens is 2. The number of pyridine rings is 1. The maximum atomic E-state index is 10.5. The maximum Gasteiger partial charge on any atom is 0.151 e. The van der Waals surface area contributed by atoms with Gasteiger partial charge < -0.3 is 0 Å². The third kappa shape index (κ3) is 3.22.